The monoisotopic (exact) mass is 398 g/mol. The van der Waals surface area contributed by atoms with Gasteiger partial charge < -0.3 is 5.32 Å². The van der Waals surface area contributed by atoms with Crippen LogP contribution < -0.4 is 15.4 Å². The molecule has 2 aromatic rings. The summed E-state index contributed by atoms with van der Waals surface area (Å²) in [6.07, 6.45) is 1.91. The predicted octanol–water partition coefficient (Wildman–Crippen LogP) is 2.23. The van der Waals surface area contributed by atoms with Crippen molar-refractivity contribution in [2.45, 2.75) is 31.1 Å². The Morgan fingerprint density at radius 3 is 2.88 bits per heavy atom. The maximum atomic E-state index is 13.1. The molecule has 2 amide bonds. The van der Waals surface area contributed by atoms with Crippen LogP contribution in [0.3, 0.4) is 0 Å². The number of benzene rings is 1. The fourth-order valence-corrected chi connectivity index (χ4v) is 4.39. The minimum absolute atomic E-state index is 0.199. The van der Waals surface area contributed by atoms with Crippen molar-refractivity contribution in [2.24, 2.45) is 0 Å². The fraction of sp³-hybridized carbons (Fsp3) is 0.375. The van der Waals surface area contributed by atoms with E-state index in [2.05, 4.69) is 20.3 Å². The zero-order chi connectivity index (χ0) is 18.6. The van der Waals surface area contributed by atoms with Crippen molar-refractivity contribution in [1.29, 1.82) is 0 Å². The highest BCUT2D eigenvalue weighted by Crippen LogP contribution is 2.27. The molecule has 10 heteroatoms. The third-order valence-corrected chi connectivity index (χ3v) is 6.52. The van der Waals surface area contributed by atoms with Gasteiger partial charge in [-0.3, -0.25) is 5.32 Å². The Labute approximate surface area is 155 Å². The molecule has 1 aromatic heterocycles. The smallest absolute Gasteiger partial charge is 0.321 e. The zero-order valence-corrected chi connectivity index (χ0v) is 15.5. The number of hydrogen-bond donors (Lipinski definition) is 3. The van der Waals surface area contributed by atoms with Gasteiger partial charge in [0.1, 0.15) is 5.82 Å². The minimum atomic E-state index is -3.19. The zero-order valence-electron chi connectivity index (χ0n) is 13.9. The van der Waals surface area contributed by atoms with E-state index in [1.165, 1.54) is 23.5 Å². The Balaban J connectivity index is 1.41. The van der Waals surface area contributed by atoms with Gasteiger partial charge in [0.15, 0.2) is 5.13 Å². The highest BCUT2D eigenvalue weighted by molar-refractivity contribution is 7.90. The van der Waals surface area contributed by atoms with Crippen LogP contribution in [0.25, 0.3) is 0 Å². The number of nitrogens with zero attached hydrogens (tertiary/aromatic N) is 1. The van der Waals surface area contributed by atoms with Crippen molar-refractivity contribution in [1.82, 2.24) is 15.0 Å². The van der Waals surface area contributed by atoms with Crippen LogP contribution in [0.4, 0.5) is 14.3 Å². The van der Waals surface area contributed by atoms with E-state index in [-0.39, 0.29) is 24.2 Å². The van der Waals surface area contributed by atoms with Crippen LogP contribution in [0, 0.1) is 5.82 Å². The molecule has 1 saturated carbocycles. The minimum Gasteiger partial charge on any atom is -0.334 e. The predicted molar refractivity (Wildman–Crippen MR) is 98.0 cm³/mol. The van der Waals surface area contributed by atoms with Crippen LogP contribution in [0.2, 0.25) is 0 Å². The lowest BCUT2D eigenvalue weighted by molar-refractivity contribution is 0.251. The molecule has 1 aliphatic rings. The van der Waals surface area contributed by atoms with E-state index in [0.717, 1.165) is 12.8 Å². The molecule has 0 unspecified atom stereocenters. The Kier molecular flexibility index (Phi) is 5.84. The number of urea groups is 1. The molecule has 0 atom stereocenters. The van der Waals surface area contributed by atoms with Crippen LogP contribution in [-0.4, -0.2) is 31.2 Å². The lowest BCUT2D eigenvalue weighted by Crippen LogP contribution is -2.29. The summed E-state index contributed by atoms with van der Waals surface area (Å²) in [5, 5.41) is 7.18. The van der Waals surface area contributed by atoms with Gasteiger partial charge in [0.25, 0.3) is 0 Å². The molecule has 1 aliphatic carbocycles. The molecule has 1 fully saturated rings. The lowest BCUT2D eigenvalue weighted by atomic mass is 10.2. The van der Waals surface area contributed by atoms with Gasteiger partial charge in [-0.15, -0.1) is 11.3 Å². The first-order valence-electron chi connectivity index (χ1n) is 8.14. The van der Waals surface area contributed by atoms with Gasteiger partial charge in [-0.2, -0.15) is 0 Å². The van der Waals surface area contributed by atoms with Gasteiger partial charge in [-0.05, 0) is 30.5 Å². The Hall–Kier alpha value is -2.04. The average molecular weight is 398 g/mol. The number of nitrogens with one attached hydrogen (secondary N) is 3. The number of carbonyl (C=O) groups is 1. The second kappa shape index (κ2) is 8.11. The molecule has 3 rings (SSSR count). The molecule has 0 bridgehead atoms. The largest absolute Gasteiger partial charge is 0.334 e. The SMILES string of the molecule is O=C(NCc1cccc(F)c1)Nc1nc(CCNS(=O)(=O)C2CC2)cs1. The van der Waals surface area contributed by atoms with Crippen LogP contribution in [0.1, 0.15) is 24.1 Å². The number of halogens is 1. The first-order chi connectivity index (χ1) is 12.4. The maximum Gasteiger partial charge on any atom is 0.321 e. The summed E-state index contributed by atoms with van der Waals surface area (Å²) in [7, 11) is -3.19. The number of amides is 2. The molecule has 0 radical (unpaired) electrons. The molecular weight excluding hydrogens is 379 g/mol. The molecule has 0 aliphatic heterocycles. The molecule has 0 saturated heterocycles. The quantitative estimate of drug-likeness (QED) is 0.635. The number of thiazole rings is 1. The first kappa shape index (κ1) is 18.7. The highest BCUT2D eigenvalue weighted by Gasteiger charge is 2.35. The van der Waals surface area contributed by atoms with Gasteiger partial charge in [-0.1, -0.05) is 12.1 Å². The standard InChI is InChI=1S/C16H19FN4O3S2/c17-12-3-1-2-11(8-12)9-18-15(22)21-16-20-13(10-25-16)6-7-19-26(23,24)14-4-5-14/h1-3,8,10,14,19H,4-7,9H2,(H2,18,20,21,22). The van der Waals surface area contributed by atoms with Gasteiger partial charge in [0.2, 0.25) is 10.0 Å². The number of rotatable bonds is 8. The summed E-state index contributed by atoms with van der Waals surface area (Å²) < 4.78 is 39.1. The molecular formula is C16H19FN4O3S2. The molecule has 3 N–H and O–H groups in total. The van der Waals surface area contributed by atoms with E-state index >= 15 is 0 Å². The molecule has 0 spiro atoms. The van der Waals surface area contributed by atoms with E-state index in [1.54, 1.807) is 17.5 Å². The Morgan fingerprint density at radius 1 is 1.35 bits per heavy atom. The summed E-state index contributed by atoms with van der Waals surface area (Å²) in [6, 6.07) is 5.54. The van der Waals surface area contributed by atoms with Crippen LogP contribution in [0.15, 0.2) is 29.6 Å². The van der Waals surface area contributed by atoms with Crippen molar-refractivity contribution in [3.05, 3.63) is 46.7 Å². The molecule has 26 heavy (non-hydrogen) atoms. The Morgan fingerprint density at radius 2 is 2.15 bits per heavy atom. The molecule has 7 nitrogen and oxygen atoms in total. The van der Waals surface area contributed by atoms with Crippen molar-refractivity contribution >= 4 is 32.5 Å². The summed E-state index contributed by atoms with van der Waals surface area (Å²) in [5.74, 6) is -0.355. The first-order valence-corrected chi connectivity index (χ1v) is 10.6. The average Bonchev–Trinajstić information content (AvgIpc) is 3.36. The summed E-state index contributed by atoms with van der Waals surface area (Å²) in [5.41, 5.74) is 1.36. The van der Waals surface area contributed by atoms with Crippen LogP contribution in [-0.2, 0) is 23.0 Å². The normalized spacial score (nSPS) is 14.2. The van der Waals surface area contributed by atoms with Crippen LogP contribution >= 0.6 is 11.3 Å². The maximum absolute atomic E-state index is 13.1. The van der Waals surface area contributed by atoms with Gasteiger partial charge in [0, 0.05) is 24.9 Å². The third-order valence-electron chi connectivity index (χ3n) is 3.76. The summed E-state index contributed by atoms with van der Waals surface area (Å²) in [4.78, 5) is 16.1. The van der Waals surface area contributed by atoms with E-state index in [4.69, 9.17) is 0 Å². The second-order valence-corrected chi connectivity index (χ2v) is 8.87. The molecule has 1 aromatic carbocycles. The van der Waals surface area contributed by atoms with Crippen molar-refractivity contribution in [2.75, 3.05) is 11.9 Å². The van der Waals surface area contributed by atoms with E-state index in [1.807, 2.05) is 0 Å². The van der Waals surface area contributed by atoms with Gasteiger partial charge in [-0.25, -0.2) is 27.3 Å². The number of anilines is 1. The number of sulfonamides is 1. The summed E-state index contributed by atoms with van der Waals surface area (Å²) >= 11 is 1.26. The molecule has 1 heterocycles. The van der Waals surface area contributed by atoms with Gasteiger partial charge in [0.05, 0.1) is 10.9 Å². The van der Waals surface area contributed by atoms with E-state index in [9.17, 15) is 17.6 Å². The van der Waals surface area contributed by atoms with Crippen LogP contribution in [0.5, 0.6) is 0 Å². The van der Waals surface area contributed by atoms with Gasteiger partial charge >= 0.3 is 6.03 Å². The van der Waals surface area contributed by atoms with E-state index in [0.29, 0.717) is 22.8 Å². The van der Waals surface area contributed by atoms with E-state index < -0.39 is 16.1 Å². The third kappa shape index (κ3) is 5.48. The fourth-order valence-electron chi connectivity index (χ4n) is 2.27. The molecule has 140 valence electrons. The van der Waals surface area contributed by atoms with Crippen molar-refractivity contribution in [3.63, 3.8) is 0 Å². The number of hydrogen-bond acceptors (Lipinski definition) is 5. The van der Waals surface area contributed by atoms with Crippen molar-refractivity contribution in [3.8, 4) is 0 Å². The highest BCUT2D eigenvalue weighted by atomic mass is 32.2. The Bertz CT molecular complexity index is 881. The number of aromatic nitrogens is 1. The summed E-state index contributed by atoms with van der Waals surface area (Å²) in [6.45, 7) is 0.485. The second-order valence-electron chi connectivity index (χ2n) is 5.97. The lowest BCUT2D eigenvalue weighted by Gasteiger charge is -2.05. The topological polar surface area (TPSA) is 100 Å². The van der Waals surface area contributed by atoms with Crippen molar-refractivity contribution < 1.29 is 17.6 Å². The number of carbonyl (C=O) groups excluding carboxylic acids is 1.